The number of thiol groups is 1. The number of Topliss-reactive ketones (excluding diaryl/α,β-unsaturated/α-hetero) is 1. The Balaban J connectivity index is 0. The van der Waals surface area contributed by atoms with Gasteiger partial charge in [0.25, 0.3) is 0 Å². The van der Waals surface area contributed by atoms with E-state index in [0.29, 0.717) is 0 Å². The highest BCUT2D eigenvalue weighted by Gasteiger charge is 2.37. The third-order valence-electron chi connectivity index (χ3n) is 1.54. The summed E-state index contributed by atoms with van der Waals surface area (Å²) in [5, 5.41) is 8.68. The minimum atomic E-state index is -1.04. The molecule has 1 atom stereocenters. The zero-order valence-electron chi connectivity index (χ0n) is 10.7. The highest BCUT2D eigenvalue weighted by Crippen LogP contribution is 2.27. The molecular formula is C11H21BrO3S. The van der Waals surface area contributed by atoms with E-state index in [1.807, 2.05) is 0 Å². The van der Waals surface area contributed by atoms with Gasteiger partial charge >= 0.3 is 5.97 Å². The SMILES string of the molecule is CC(=O)C(Br)C(C)(C)C(=O)O.CC(C)(C)S. The first-order valence-corrected chi connectivity index (χ1v) is 6.26. The summed E-state index contributed by atoms with van der Waals surface area (Å²) in [5.41, 5.74) is -1.04. The van der Waals surface area contributed by atoms with Crippen molar-refractivity contribution in [2.24, 2.45) is 5.41 Å². The third kappa shape index (κ3) is 9.21. The Morgan fingerprint density at radius 2 is 1.44 bits per heavy atom. The van der Waals surface area contributed by atoms with Crippen LogP contribution in [-0.4, -0.2) is 26.4 Å². The van der Waals surface area contributed by atoms with Gasteiger partial charge in [-0.3, -0.25) is 9.59 Å². The van der Waals surface area contributed by atoms with Gasteiger partial charge < -0.3 is 5.11 Å². The zero-order chi connectivity index (χ0) is 13.7. The van der Waals surface area contributed by atoms with Crippen LogP contribution in [0.2, 0.25) is 0 Å². The van der Waals surface area contributed by atoms with E-state index >= 15 is 0 Å². The molecule has 0 rings (SSSR count). The van der Waals surface area contributed by atoms with E-state index in [0.717, 1.165) is 0 Å². The van der Waals surface area contributed by atoms with Gasteiger partial charge in [-0.05, 0) is 20.8 Å². The quantitative estimate of drug-likeness (QED) is 0.621. The Hall–Kier alpha value is -0.0300. The Kier molecular flexibility index (Phi) is 7.61. The second kappa shape index (κ2) is 6.64. The molecule has 0 spiro atoms. The molecule has 0 radical (unpaired) electrons. The number of rotatable bonds is 3. The average Bonchev–Trinajstić information content (AvgIpc) is 1.99. The molecule has 16 heavy (non-hydrogen) atoms. The molecule has 0 heterocycles. The Bertz CT molecular complexity index is 250. The van der Waals surface area contributed by atoms with Crippen molar-refractivity contribution in [3.8, 4) is 0 Å². The van der Waals surface area contributed by atoms with Crippen molar-refractivity contribution in [3.63, 3.8) is 0 Å². The molecule has 0 aliphatic rings. The second-order valence-corrected chi connectivity index (χ2v) is 7.43. The average molecular weight is 313 g/mol. The Labute approximate surface area is 112 Å². The van der Waals surface area contributed by atoms with Crippen molar-refractivity contribution in [2.45, 2.75) is 51.1 Å². The largest absolute Gasteiger partial charge is 0.481 e. The van der Waals surface area contributed by atoms with Crippen LogP contribution in [-0.2, 0) is 9.59 Å². The Morgan fingerprint density at radius 1 is 1.19 bits per heavy atom. The van der Waals surface area contributed by atoms with Gasteiger partial charge in [0, 0.05) is 4.75 Å². The first-order valence-electron chi connectivity index (χ1n) is 4.90. The van der Waals surface area contributed by atoms with Gasteiger partial charge in [-0.25, -0.2) is 0 Å². The van der Waals surface area contributed by atoms with Crippen LogP contribution in [0.4, 0.5) is 0 Å². The number of halogens is 1. The minimum absolute atomic E-state index is 0.169. The molecule has 0 aromatic heterocycles. The number of carboxylic acids is 1. The van der Waals surface area contributed by atoms with E-state index in [-0.39, 0.29) is 10.5 Å². The summed E-state index contributed by atoms with van der Waals surface area (Å²) in [6.07, 6.45) is 0. The van der Waals surface area contributed by atoms with Crippen LogP contribution in [0.3, 0.4) is 0 Å². The number of hydrogen-bond acceptors (Lipinski definition) is 3. The van der Waals surface area contributed by atoms with E-state index in [9.17, 15) is 9.59 Å². The van der Waals surface area contributed by atoms with Crippen LogP contribution in [0.1, 0.15) is 41.5 Å². The Morgan fingerprint density at radius 3 is 1.50 bits per heavy atom. The van der Waals surface area contributed by atoms with Crippen LogP contribution in [0.5, 0.6) is 0 Å². The van der Waals surface area contributed by atoms with E-state index in [1.54, 1.807) is 0 Å². The van der Waals surface area contributed by atoms with Crippen LogP contribution in [0, 0.1) is 5.41 Å². The summed E-state index contributed by atoms with van der Waals surface area (Å²) in [7, 11) is 0. The molecule has 0 saturated carbocycles. The number of hydrogen-bond donors (Lipinski definition) is 2. The van der Waals surface area contributed by atoms with E-state index in [2.05, 4.69) is 49.3 Å². The summed E-state index contributed by atoms with van der Waals surface area (Å²) >= 11 is 7.16. The first kappa shape index (κ1) is 18.3. The number of carboxylic acid groups (broad SMARTS) is 1. The second-order valence-electron chi connectivity index (χ2n) is 5.17. The first-order chi connectivity index (χ1) is 6.80. The lowest BCUT2D eigenvalue weighted by Gasteiger charge is -2.22. The molecule has 3 nitrogen and oxygen atoms in total. The smallest absolute Gasteiger partial charge is 0.310 e. The molecule has 96 valence electrons. The predicted octanol–water partition coefficient (Wildman–Crippen LogP) is 3.16. The normalized spacial score (nSPS) is 13.5. The third-order valence-corrected chi connectivity index (χ3v) is 3.33. The highest BCUT2D eigenvalue weighted by molar-refractivity contribution is 9.10. The molecule has 0 aromatic carbocycles. The van der Waals surface area contributed by atoms with Crippen LogP contribution >= 0.6 is 28.6 Å². The maximum absolute atomic E-state index is 10.8. The van der Waals surface area contributed by atoms with Crippen molar-refractivity contribution >= 4 is 40.3 Å². The number of carbonyl (C=O) groups is 2. The lowest BCUT2D eigenvalue weighted by molar-refractivity contribution is -0.148. The maximum atomic E-state index is 10.8. The van der Waals surface area contributed by atoms with Crippen molar-refractivity contribution in [1.29, 1.82) is 0 Å². The molecule has 0 saturated heterocycles. The number of alkyl halides is 1. The fourth-order valence-electron chi connectivity index (χ4n) is 0.617. The fraction of sp³-hybridized carbons (Fsp3) is 0.818. The number of carbonyl (C=O) groups excluding carboxylic acids is 1. The van der Waals surface area contributed by atoms with Crippen molar-refractivity contribution in [1.82, 2.24) is 0 Å². The van der Waals surface area contributed by atoms with Crippen molar-refractivity contribution < 1.29 is 14.7 Å². The molecule has 1 N–H and O–H groups in total. The molecule has 0 bridgehead atoms. The molecular weight excluding hydrogens is 292 g/mol. The zero-order valence-corrected chi connectivity index (χ0v) is 13.1. The van der Waals surface area contributed by atoms with E-state index < -0.39 is 16.2 Å². The molecule has 0 aliphatic carbocycles. The topological polar surface area (TPSA) is 54.4 Å². The van der Waals surface area contributed by atoms with Gasteiger partial charge in [-0.2, -0.15) is 12.6 Å². The van der Waals surface area contributed by atoms with Crippen molar-refractivity contribution in [3.05, 3.63) is 0 Å². The fourth-order valence-corrected chi connectivity index (χ4v) is 0.812. The molecule has 0 fully saturated rings. The van der Waals surface area contributed by atoms with Gasteiger partial charge in [0.1, 0.15) is 5.78 Å². The molecule has 0 aromatic rings. The lowest BCUT2D eigenvalue weighted by atomic mass is 9.88. The van der Waals surface area contributed by atoms with Crippen LogP contribution in [0.15, 0.2) is 0 Å². The van der Waals surface area contributed by atoms with Crippen molar-refractivity contribution in [2.75, 3.05) is 0 Å². The summed E-state index contributed by atoms with van der Waals surface area (Å²) in [6, 6.07) is 0. The van der Waals surface area contributed by atoms with Gasteiger partial charge in [0.2, 0.25) is 0 Å². The standard InChI is InChI=1S/C7H11BrO3.C4H10S/c1-4(9)5(8)7(2,3)6(10)11;1-4(2,3)5/h5H,1-3H3,(H,10,11);5H,1-3H3. The van der Waals surface area contributed by atoms with Gasteiger partial charge in [-0.1, -0.05) is 36.7 Å². The van der Waals surface area contributed by atoms with Crippen LogP contribution < -0.4 is 0 Å². The van der Waals surface area contributed by atoms with E-state index in [1.165, 1.54) is 20.8 Å². The minimum Gasteiger partial charge on any atom is -0.481 e. The van der Waals surface area contributed by atoms with E-state index in [4.69, 9.17) is 5.11 Å². The van der Waals surface area contributed by atoms with Gasteiger partial charge in [-0.15, -0.1) is 0 Å². The predicted molar refractivity (Wildman–Crippen MR) is 73.6 cm³/mol. The summed E-state index contributed by atoms with van der Waals surface area (Å²) < 4.78 is 0.194. The number of aliphatic carboxylic acids is 1. The highest BCUT2D eigenvalue weighted by atomic mass is 79.9. The monoisotopic (exact) mass is 312 g/mol. The van der Waals surface area contributed by atoms with Crippen LogP contribution in [0.25, 0.3) is 0 Å². The molecule has 0 aliphatic heterocycles. The summed E-state index contributed by atoms with van der Waals surface area (Å²) in [6.45, 7) is 10.5. The maximum Gasteiger partial charge on any atom is 0.310 e. The molecule has 0 amide bonds. The molecule has 5 heteroatoms. The summed E-state index contributed by atoms with van der Waals surface area (Å²) in [5.74, 6) is -1.15. The summed E-state index contributed by atoms with van der Waals surface area (Å²) in [4.78, 5) is 20.8. The van der Waals surface area contributed by atoms with Gasteiger partial charge in [0.05, 0.1) is 10.2 Å². The lowest BCUT2D eigenvalue weighted by Crippen LogP contribution is -2.37. The number of ketones is 1. The van der Waals surface area contributed by atoms with Gasteiger partial charge in [0.15, 0.2) is 0 Å². The molecule has 1 unspecified atom stereocenters.